The molecule has 0 spiro atoms. The van der Waals surface area contributed by atoms with E-state index in [2.05, 4.69) is 19.1 Å². The van der Waals surface area contributed by atoms with Crippen molar-refractivity contribution < 1.29 is 5.11 Å². The maximum absolute atomic E-state index is 10.1. The molecule has 0 bridgehead atoms. The molecule has 0 amide bonds. The standard InChI is InChI=1S/C14H20O/c1-11-5-4-8-13(9-11)14(15)10-12-6-2-3-7-12/h4-5,8-9,12,14-15H,2-3,6-7,10H2,1H3. The molecule has 1 unspecified atom stereocenters. The summed E-state index contributed by atoms with van der Waals surface area (Å²) in [5, 5.41) is 10.1. The van der Waals surface area contributed by atoms with Crippen molar-refractivity contribution in [1.82, 2.24) is 0 Å². The maximum atomic E-state index is 10.1. The molecule has 1 nitrogen and oxygen atoms in total. The van der Waals surface area contributed by atoms with E-state index in [1.54, 1.807) is 0 Å². The van der Waals surface area contributed by atoms with E-state index in [1.807, 2.05) is 12.1 Å². The molecule has 1 aromatic rings. The van der Waals surface area contributed by atoms with Gasteiger partial charge in [0.25, 0.3) is 0 Å². The van der Waals surface area contributed by atoms with Crippen LogP contribution in [0.4, 0.5) is 0 Å². The summed E-state index contributed by atoms with van der Waals surface area (Å²) in [4.78, 5) is 0. The minimum Gasteiger partial charge on any atom is -0.388 e. The molecule has 0 aromatic heterocycles. The van der Waals surface area contributed by atoms with Crippen LogP contribution in [0.25, 0.3) is 0 Å². The van der Waals surface area contributed by atoms with Gasteiger partial charge < -0.3 is 5.11 Å². The highest BCUT2D eigenvalue weighted by molar-refractivity contribution is 5.24. The molecule has 1 aliphatic carbocycles. The molecule has 1 aromatic carbocycles. The highest BCUT2D eigenvalue weighted by Gasteiger charge is 2.19. The van der Waals surface area contributed by atoms with E-state index in [-0.39, 0.29) is 6.10 Å². The zero-order valence-corrected chi connectivity index (χ0v) is 9.45. The van der Waals surface area contributed by atoms with Crippen molar-refractivity contribution in [2.75, 3.05) is 0 Å². The van der Waals surface area contributed by atoms with Gasteiger partial charge >= 0.3 is 0 Å². The summed E-state index contributed by atoms with van der Waals surface area (Å²) in [5.74, 6) is 0.750. The van der Waals surface area contributed by atoms with Crippen molar-refractivity contribution >= 4 is 0 Å². The molecule has 0 radical (unpaired) electrons. The Labute approximate surface area is 92.1 Å². The van der Waals surface area contributed by atoms with Gasteiger partial charge in [0, 0.05) is 0 Å². The van der Waals surface area contributed by atoms with E-state index in [9.17, 15) is 5.11 Å². The van der Waals surface area contributed by atoms with Crippen LogP contribution in [0.15, 0.2) is 24.3 Å². The summed E-state index contributed by atoms with van der Waals surface area (Å²) in [6.07, 6.45) is 6.01. The average molecular weight is 204 g/mol. The Bertz CT molecular complexity index is 313. The van der Waals surface area contributed by atoms with E-state index in [0.29, 0.717) is 0 Å². The van der Waals surface area contributed by atoms with Gasteiger partial charge in [0.15, 0.2) is 0 Å². The second-order valence-corrected chi connectivity index (χ2v) is 4.82. The summed E-state index contributed by atoms with van der Waals surface area (Å²) in [7, 11) is 0. The summed E-state index contributed by atoms with van der Waals surface area (Å²) in [6.45, 7) is 2.08. The Morgan fingerprint density at radius 1 is 1.33 bits per heavy atom. The first-order valence-electron chi connectivity index (χ1n) is 6.00. The second kappa shape index (κ2) is 4.80. The van der Waals surface area contributed by atoms with Gasteiger partial charge in [0.1, 0.15) is 0 Å². The van der Waals surface area contributed by atoms with Crippen LogP contribution >= 0.6 is 0 Å². The average Bonchev–Trinajstić information content (AvgIpc) is 2.70. The molecule has 1 heteroatoms. The number of aliphatic hydroxyl groups is 1. The van der Waals surface area contributed by atoms with Crippen LogP contribution in [0, 0.1) is 12.8 Å². The van der Waals surface area contributed by atoms with Crippen LogP contribution in [0.5, 0.6) is 0 Å². The Hall–Kier alpha value is -0.820. The van der Waals surface area contributed by atoms with Gasteiger partial charge in [-0.15, -0.1) is 0 Å². The van der Waals surface area contributed by atoms with E-state index < -0.39 is 0 Å². The number of hydrogen-bond donors (Lipinski definition) is 1. The Morgan fingerprint density at radius 2 is 2.07 bits per heavy atom. The smallest absolute Gasteiger partial charge is 0.0792 e. The van der Waals surface area contributed by atoms with Gasteiger partial charge in [-0.2, -0.15) is 0 Å². The van der Waals surface area contributed by atoms with Gasteiger partial charge in [-0.1, -0.05) is 55.5 Å². The predicted octanol–water partition coefficient (Wildman–Crippen LogP) is 3.61. The minimum atomic E-state index is -0.256. The number of aryl methyl sites for hydroxylation is 1. The maximum Gasteiger partial charge on any atom is 0.0792 e. The van der Waals surface area contributed by atoms with Crippen LogP contribution < -0.4 is 0 Å². The quantitative estimate of drug-likeness (QED) is 0.797. The highest BCUT2D eigenvalue weighted by Crippen LogP contribution is 2.32. The fourth-order valence-corrected chi connectivity index (χ4v) is 2.58. The molecular weight excluding hydrogens is 184 g/mol. The molecule has 2 rings (SSSR count). The molecule has 15 heavy (non-hydrogen) atoms. The normalized spacial score (nSPS) is 19.3. The van der Waals surface area contributed by atoms with Crippen molar-refractivity contribution in [3.8, 4) is 0 Å². The molecule has 1 atom stereocenters. The van der Waals surface area contributed by atoms with Crippen molar-refractivity contribution in [3.05, 3.63) is 35.4 Å². The van der Waals surface area contributed by atoms with Crippen LogP contribution in [-0.4, -0.2) is 5.11 Å². The van der Waals surface area contributed by atoms with Gasteiger partial charge in [0.05, 0.1) is 6.10 Å². The van der Waals surface area contributed by atoms with Crippen LogP contribution in [0.1, 0.15) is 49.3 Å². The lowest BCUT2D eigenvalue weighted by molar-refractivity contribution is 0.145. The van der Waals surface area contributed by atoms with E-state index in [1.165, 1.54) is 31.2 Å². The van der Waals surface area contributed by atoms with Crippen molar-refractivity contribution in [2.24, 2.45) is 5.92 Å². The lowest BCUT2D eigenvalue weighted by atomic mass is 9.95. The number of rotatable bonds is 3. The molecular formula is C14H20O. The van der Waals surface area contributed by atoms with Gasteiger partial charge in [-0.25, -0.2) is 0 Å². The monoisotopic (exact) mass is 204 g/mol. The van der Waals surface area contributed by atoms with E-state index in [4.69, 9.17) is 0 Å². The lowest BCUT2D eigenvalue weighted by Gasteiger charge is -2.15. The molecule has 1 N–H and O–H groups in total. The van der Waals surface area contributed by atoms with Gasteiger partial charge in [0.2, 0.25) is 0 Å². The van der Waals surface area contributed by atoms with Crippen molar-refractivity contribution in [1.29, 1.82) is 0 Å². The van der Waals surface area contributed by atoms with Gasteiger partial charge in [-0.05, 0) is 24.8 Å². The third-order valence-electron chi connectivity index (χ3n) is 3.46. The van der Waals surface area contributed by atoms with Crippen molar-refractivity contribution in [3.63, 3.8) is 0 Å². The second-order valence-electron chi connectivity index (χ2n) is 4.82. The summed E-state index contributed by atoms with van der Waals surface area (Å²) >= 11 is 0. The van der Waals surface area contributed by atoms with E-state index in [0.717, 1.165) is 17.9 Å². The first-order chi connectivity index (χ1) is 7.25. The molecule has 0 aliphatic heterocycles. The molecule has 0 heterocycles. The Morgan fingerprint density at radius 3 is 2.73 bits per heavy atom. The zero-order chi connectivity index (χ0) is 10.7. The van der Waals surface area contributed by atoms with Gasteiger partial charge in [-0.3, -0.25) is 0 Å². The van der Waals surface area contributed by atoms with Crippen molar-refractivity contribution in [2.45, 2.75) is 45.1 Å². The zero-order valence-electron chi connectivity index (χ0n) is 9.45. The summed E-state index contributed by atoms with van der Waals surface area (Å²) in [6, 6.07) is 8.24. The number of hydrogen-bond acceptors (Lipinski definition) is 1. The Kier molecular flexibility index (Phi) is 3.42. The first-order valence-corrected chi connectivity index (χ1v) is 6.00. The van der Waals surface area contributed by atoms with Crippen LogP contribution in [0.2, 0.25) is 0 Å². The first kappa shape index (κ1) is 10.7. The topological polar surface area (TPSA) is 20.2 Å². The number of aliphatic hydroxyl groups excluding tert-OH is 1. The molecule has 1 saturated carbocycles. The van der Waals surface area contributed by atoms with Crippen LogP contribution in [-0.2, 0) is 0 Å². The molecule has 0 saturated heterocycles. The lowest BCUT2D eigenvalue weighted by Crippen LogP contribution is -2.04. The summed E-state index contributed by atoms with van der Waals surface area (Å²) in [5.41, 5.74) is 2.32. The minimum absolute atomic E-state index is 0.256. The fraction of sp³-hybridized carbons (Fsp3) is 0.571. The predicted molar refractivity (Wildman–Crippen MR) is 62.7 cm³/mol. The third-order valence-corrected chi connectivity index (χ3v) is 3.46. The van der Waals surface area contributed by atoms with Crippen LogP contribution in [0.3, 0.4) is 0 Å². The summed E-state index contributed by atoms with van der Waals surface area (Å²) < 4.78 is 0. The highest BCUT2D eigenvalue weighted by atomic mass is 16.3. The number of benzene rings is 1. The molecule has 82 valence electrons. The molecule has 1 fully saturated rings. The molecule has 1 aliphatic rings. The SMILES string of the molecule is Cc1cccc(C(O)CC2CCCC2)c1. The fourth-order valence-electron chi connectivity index (χ4n) is 2.58. The van der Waals surface area contributed by atoms with E-state index >= 15 is 0 Å². The third kappa shape index (κ3) is 2.82. The largest absolute Gasteiger partial charge is 0.388 e. The Balaban J connectivity index is 1.97.